The van der Waals surface area contributed by atoms with Crippen molar-refractivity contribution < 1.29 is 4.74 Å². The largest absolute Gasteiger partial charge is 0.484 e. The molecule has 6 heteroatoms. The van der Waals surface area contributed by atoms with Gasteiger partial charge in [-0.1, -0.05) is 70.9 Å². The lowest BCUT2D eigenvalue weighted by atomic mass is 10.1. The molecule has 1 aliphatic rings. The van der Waals surface area contributed by atoms with Gasteiger partial charge in [-0.15, -0.1) is 5.10 Å². The number of allylic oxidation sites excluding steroid dienone is 6. The smallest absolute Gasteiger partial charge is 0.157 e. The van der Waals surface area contributed by atoms with Gasteiger partial charge in [0, 0.05) is 0 Å². The number of benzene rings is 1. The van der Waals surface area contributed by atoms with Crippen molar-refractivity contribution in [1.82, 2.24) is 14.8 Å². The lowest BCUT2D eigenvalue weighted by molar-refractivity contribution is 0.298. The standard InChI is InChI=1S/C20H15Cl2N3O/c21-16-10-6-11-17(22)20(16)26-13-15-9-5-12-18-19(23-24-25(15)18)14-7-3-1-2-4-8-14/h1-7,9-12H,8,13H2. The molecule has 0 fully saturated rings. The zero-order valence-electron chi connectivity index (χ0n) is 13.8. The molecule has 0 saturated heterocycles. The maximum Gasteiger partial charge on any atom is 0.157 e. The van der Waals surface area contributed by atoms with Crippen LogP contribution < -0.4 is 4.74 Å². The normalized spacial score (nSPS) is 13.7. The Morgan fingerprint density at radius 2 is 1.81 bits per heavy atom. The second-order valence-electron chi connectivity index (χ2n) is 5.80. The van der Waals surface area contributed by atoms with Gasteiger partial charge < -0.3 is 4.74 Å². The zero-order chi connectivity index (χ0) is 17.9. The minimum Gasteiger partial charge on any atom is -0.484 e. The fourth-order valence-electron chi connectivity index (χ4n) is 2.83. The summed E-state index contributed by atoms with van der Waals surface area (Å²) in [4.78, 5) is 0. The first kappa shape index (κ1) is 16.9. The maximum atomic E-state index is 6.17. The summed E-state index contributed by atoms with van der Waals surface area (Å²) in [6.45, 7) is 0.280. The van der Waals surface area contributed by atoms with Crippen LogP contribution in [0.1, 0.15) is 17.8 Å². The first-order valence-corrected chi connectivity index (χ1v) is 8.92. The minimum atomic E-state index is 0.280. The van der Waals surface area contributed by atoms with Gasteiger partial charge in [0.2, 0.25) is 0 Å². The van der Waals surface area contributed by atoms with Gasteiger partial charge in [-0.05, 0) is 36.3 Å². The van der Waals surface area contributed by atoms with Crippen LogP contribution in [-0.2, 0) is 6.61 Å². The van der Waals surface area contributed by atoms with E-state index in [1.165, 1.54) is 0 Å². The summed E-state index contributed by atoms with van der Waals surface area (Å²) in [5.74, 6) is 0.468. The maximum absolute atomic E-state index is 6.17. The Morgan fingerprint density at radius 3 is 2.65 bits per heavy atom. The molecule has 0 bridgehead atoms. The molecule has 1 aliphatic carbocycles. The van der Waals surface area contributed by atoms with Crippen molar-refractivity contribution in [2.24, 2.45) is 0 Å². The third kappa shape index (κ3) is 3.26. The first-order valence-electron chi connectivity index (χ1n) is 8.17. The number of halogens is 2. The van der Waals surface area contributed by atoms with E-state index in [2.05, 4.69) is 22.5 Å². The van der Waals surface area contributed by atoms with Crippen molar-refractivity contribution in [3.05, 3.63) is 88.2 Å². The summed E-state index contributed by atoms with van der Waals surface area (Å²) in [6, 6.07) is 11.2. The van der Waals surface area contributed by atoms with Gasteiger partial charge in [-0.25, -0.2) is 4.52 Å². The summed E-state index contributed by atoms with van der Waals surface area (Å²) in [6.07, 6.45) is 11.0. The first-order chi connectivity index (χ1) is 12.7. The quantitative estimate of drug-likeness (QED) is 0.595. The number of aromatic nitrogens is 3. The van der Waals surface area contributed by atoms with Crippen LogP contribution in [0.3, 0.4) is 0 Å². The summed E-state index contributed by atoms with van der Waals surface area (Å²) >= 11 is 12.3. The van der Waals surface area contributed by atoms with Crippen LogP contribution >= 0.6 is 23.2 Å². The number of pyridine rings is 1. The lowest BCUT2D eigenvalue weighted by Crippen LogP contribution is -2.04. The van der Waals surface area contributed by atoms with Crippen molar-refractivity contribution in [3.8, 4) is 5.75 Å². The minimum absolute atomic E-state index is 0.280. The fraction of sp³-hybridized carbons (Fsp3) is 0.100. The van der Waals surface area contributed by atoms with Crippen LogP contribution in [0.5, 0.6) is 5.75 Å². The highest BCUT2D eigenvalue weighted by Crippen LogP contribution is 2.33. The van der Waals surface area contributed by atoms with Crippen LogP contribution in [-0.4, -0.2) is 14.8 Å². The van der Waals surface area contributed by atoms with E-state index < -0.39 is 0 Å². The van der Waals surface area contributed by atoms with Gasteiger partial charge in [-0.3, -0.25) is 0 Å². The van der Waals surface area contributed by atoms with Crippen molar-refractivity contribution in [3.63, 3.8) is 0 Å². The molecule has 1 aromatic carbocycles. The van der Waals surface area contributed by atoms with Gasteiger partial charge in [0.05, 0.1) is 21.3 Å². The summed E-state index contributed by atoms with van der Waals surface area (Å²) < 4.78 is 7.64. The summed E-state index contributed by atoms with van der Waals surface area (Å²) in [7, 11) is 0. The third-order valence-electron chi connectivity index (χ3n) is 4.10. The highest BCUT2D eigenvalue weighted by atomic mass is 35.5. The number of rotatable bonds is 4. The van der Waals surface area contributed by atoms with Gasteiger partial charge in [0.15, 0.2) is 5.75 Å². The second kappa shape index (κ2) is 7.36. The van der Waals surface area contributed by atoms with Crippen molar-refractivity contribution >= 4 is 34.3 Å². The monoisotopic (exact) mass is 383 g/mol. The molecule has 0 N–H and O–H groups in total. The Kier molecular flexibility index (Phi) is 4.78. The number of nitrogens with zero attached hydrogens (tertiary/aromatic N) is 3. The molecule has 26 heavy (non-hydrogen) atoms. The predicted molar refractivity (Wildman–Crippen MR) is 105 cm³/mol. The van der Waals surface area contributed by atoms with E-state index in [1.54, 1.807) is 22.7 Å². The Balaban J connectivity index is 1.66. The highest BCUT2D eigenvalue weighted by Gasteiger charge is 2.14. The number of ether oxygens (including phenoxy) is 1. The van der Waals surface area contributed by atoms with Gasteiger partial charge in [0.25, 0.3) is 0 Å². The molecule has 0 spiro atoms. The van der Waals surface area contributed by atoms with Crippen LogP contribution in [0.15, 0.2) is 66.8 Å². The van der Waals surface area contributed by atoms with E-state index in [4.69, 9.17) is 27.9 Å². The molecule has 0 saturated carbocycles. The van der Waals surface area contributed by atoms with Crippen LogP contribution in [0.25, 0.3) is 11.1 Å². The molecule has 2 aromatic heterocycles. The molecular formula is C20H15Cl2N3O. The number of para-hydroxylation sites is 1. The molecule has 0 radical (unpaired) electrons. The molecule has 0 amide bonds. The Morgan fingerprint density at radius 1 is 1.00 bits per heavy atom. The second-order valence-corrected chi connectivity index (χ2v) is 6.62. The van der Waals surface area contributed by atoms with Crippen molar-refractivity contribution in [2.45, 2.75) is 13.0 Å². The van der Waals surface area contributed by atoms with Crippen LogP contribution in [0.4, 0.5) is 0 Å². The van der Waals surface area contributed by atoms with E-state index in [0.29, 0.717) is 15.8 Å². The predicted octanol–water partition coefficient (Wildman–Crippen LogP) is 5.51. The average Bonchev–Trinajstić information content (AvgIpc) is 2.89. The summed E-state index contributed by atoms with van der Waals surface area (Å²) in [5.41, 5.74) is 3.79. The average molecular weight is 384 g/mol. The Labute approximate surface area is 161 Å². The number of hydrogen-bond donors (Lipinski definition) is 0. The zero-order valence-corrected chi connectivity index (χ0v) is 15.3. The Bertz CT molecular complexity index is 1030. The third-order valence-corrected chi connectivity index (χ3v) is 4.70. The summed E-state index contributed by atoms with van der Waals surface area (Å²) in [5, 5.41) is 9.65. The molecule has 130 valence electrons. The van der Waals surface area contributed by atoms with Crippen molar-refractivity contribution in [2.75, 3.05) is 0 Å². The van der Waals surface area contributed by atoms with Gasteiger partial charge in [-0.2, -0.15) is 0 Å². The van der Waals surface area contributed by atoms with E-state index in [0.717, 1.165) is 28.9 Å². The lowest BCUT2D eigenvalue weighted by Gasteiger charge is -2.10. The van der Waals surface area contributed by atoms with Gasteiger partial charge in [0.1, 0.15) is 12.3 Å². The fourth-order valence-corrected chi connectivity index (χ4v) is 3.34. The van der Waals surface area contributed by atoms with Crippen LogP contribution in [0.2, 0.25) is 10.0 Å². The SMILES string of the molecule is Clc1cccc(Cl)c1OCc1cccc2c(C3=CC=CC=CC3)nnn12. The van der Waals surface area contributed by atoms with Crippen molar-refractivity contribution in [1.29, 1.82) is 0 Å². The Hall–Kier alpha value is -2.56. The van der Waals surface area contributed by atoms with E-state index in [-0.39, 0.29) is 6.61 Å². The topological polar surface area (TPSA) is 39.4 Å². The van der Waals surface area contributed by atoms with E-state index in [9.17, 15) is 0 Å². The van der Waals surface area contributed by atoms with E-state index >= 15 is 0 Å². The van der Waals surface area contributed by atoms with E-state index in [1.807, 2.05) is 36.4 Å². The molecular weight excluding hydrogens is 369 g/mol. The molecule has 0 unspecified atom stereocenters. The highest BCUT2D eigenvalue weighted by molar-refractivity contribution is 6.37. The number of fused-ring (bicyclic) bond motifs is 1. The van der Waals surface area contributed by atoms with Gasteiger partial charge >= 0.3 is 0 Å². The molecule has 2 heterocycles. The number of hydrogen-bond acceptors (Lipinski definition) is 3. The molecule has 0 aliphatic heterocycles. The molecule has 4 nitrogen and oxygen atoms in total. The van der Waals surface area contributed by atoms with Crippen LogP contribution in [0, 0.1) is 0 Å². The molecule has 4 rings (SSSR count). The molecule has 0 atom stereocenters. The molecule has 3 aromatic rings.